The summed E-state index contributed by atoms with van der Waals surface area (Å²) in [5.74, 6) is -0.0713. The minimum absolute atomic E-state index is 0.0306. The van der Waals surface area contributed by atoms with Crippen LogP contribution in [0.2, 0.25) is 0 Å². The molecule has 0 bridgehead atoms. The van der Waals surface area contributed by atoms with Gasteiger partial charge in [-0.3, -0.25) is 9.59 Å². The van der Waals surface area contributed by atoms with Crippen LogP contribution in [0.1, 0.15) is 32.6 Å². The quantitative estimate of drug-likeness (QED) is 0.695. The van der Waals surface area contributed by atoms with Gasteiger partial charge in [-0.05, 0) is 47.8 Å². The Morgan fingerprint density at radius 3 is 2.61 bits per heavy atom. The Balaban J connectivity index is 1.82. The van der Waals surface area contributed by atoms with Crippen LogP contribution >= 0.6 is 15.9 Å². The molecule has 1 aliphatic carbocycles. The Hall–Kier alpha value is -1.40. The number of anilines is 1. The summed E-state index contributed by atoms with van der Waals surface area (Å²) in [5, 5.41) is 5.96. The molecule has 1 fully saturated rings. The van der Waals surface area contributed by atoms with Gasteiger partial charge in [-0.2, -0.15) is 0 Å². The van der Waals surface area contributed by atoms with Gasteiger partial charge in [0.05, 0.1) is 12.7 Å². The second-order valence-corrected chi connectivity index (χ2v) is 7.12. The Bertz CT molecular complexity index is 559. The summed E-state index contributed by atoms with van der Waals surface area (Å²) in [6.07, 6.45) is 4.52. The number of nitrogens with one attached hydrogen (secondary N) is 3. The molecule has 1 aromatic carbocycles. The molecule has 0 aliphatic heterocycles. The molecule has 23 heavy (non-hydrogen) atoms. The van der Waals surface area contributed by atoms with Crippen LogP contribution in [0.4, 0.5) is 5.69 Å². The fraction of sp³-hybridized carbons (Fsp3) is 0.529. The van der Waals surface area contributed by atoms with Crippen molar-refractivity contribution in [2.75, 3.05) is 18.9 Å². The summed E-state index contributed by atoms with van der Waals surface area (Å²) < 4.78 is 0.845. The van der Waals surface area contributed by atoms with E-state index in [-0.39, 0.29) is 24.4 Å². The van der Waals surface area contributed by atoms with Gasteiger partial charge in [-0.15, -0.1) is 0 Å². The maximum Gasteiger partial charge on any atom is 0.279 e. The lowest BCUT2D eigenvalue weighted by Crippen LogP contribution is -3.15. The van der Waals surface area contributed by atoms with Crippen molar-refractivity contribution in [2.45, 2.75) is 44.7 Å². The highest BCUT2D eigenvalue weighted by atomic mass is 79.9. The normalized spacial score (nSPS) is 17.5. The van der Waals surface area contributed by atoms with E-state index >= 15 is 0 Å². The van der Waals surface area contributed by atoms with Crippen molar-refractivity contribution in [3.63, 3.8) is 0 Å². The minimum atomic E-state index is -0.249. The predicted octanol–water partition coefficient (Wildman–Crippen LogP) is 1.35. The largest absolute Gasteiger partial charge is 0.348 e. The van der Waals surface area contributed by atoms with Crippen molar-refractivity contribution >= 4 is 33.4 Å². The standard InChI is InChI=1S/C17H24BrN3O2/c1-12(17(23)19-13-7-3-4-8-13)21(2)11-16(22)20-15-10-6-5-9-14(15)18/h5-6,9-10,12-13H,3-4,7-8,11H2,1-2H3,(H,19,23)(H,20,22)/p+1/t12-/m0/s1. The number of benzene rings is 1. The van der Waals surface area contributed by atoms with Crippen molar-refractivity contribution in [1.29, 1.82) is 0 Å². The number of halogens is 1. The minimum Gasteiger partial charge on any atom is -0.348 e. The van der Waals surface area contributed by atoms with Crippen LogP contribution in [0.15, 0.2) is 28.7 Å². The summed E-state index contributed by atoms with van der Waals surface area (Å²) in [5.41, 5.74) is 0.744. The third kappa shape index (κ3) is 5.32. The zero-order valence-electron chi connectivity index (χ0n) is 13.7. The first-order valence-corrected chi connectivity index (χ1v) is 8.93. The molecule has 5 nitrogen and oxygen atoms in total. The topological polar surface area (TPSA) is 62.6 Å². The molecule has 2 rings (SSSR count). The van der Waals surface area contributed by atoms with Crippen molar-refractivity contribution in [2.24, 2.45) is 0 Å². The number of hydrogen-bond acceptors (Lipinski definition) is 2. The Kier molecular flexibility index (Phi) is 6.59. The first kappa shape index (κ1) is 17.9. The maximum absolute atomic E-state index is 12.3. The van der Waals surface area contributed by atoms with Gasteiger partial charge in [0.15, 0.2) is 12.6 Å². The van der Waals surface area contributed by atoms with Crippen molar-refractivity contribution in [1.82, 2.24) is 5.32 Å². The molecule has 1 unspecified atom stereocenters. The highest BCUT2D eigenvalue weighted by molar-refractivity contribution is 9.10. The van der Waals surface area contributed by atoms with Gasteiger partial charge < -0.3 is 15.5 Å². The van der Waals surface area contributed by atoms with Crippen LogP contribution in [-0.2, 0) is 9.59 Å². The van der Waals surface area contributed by atoms with E-state index in [9.17, 15) is 9.59 Å². The Labute approximate surface area is 145 Å². The number of likely N-dealkylation sites (N-methyl/N-ethyl adjacent to an activating group) is 1. The van der Waals surface area contributed by atoms with E-state index in [0.29, 0.717) is 6.04 Å². The van der Waals surface area contributed by atoms with E-state index in [2.05, 4.69) is 26.6 Å². The molecule has 1 saturated carbocycles. The molecule has 6 heteroatoms. The molecular formula is C17H25BrN3O2+. The number of quaternary nitrogens is 1. The SMILES string of the molecule is C[C@@H](C(=O)NC1CCCC1)[NH+](C)CC(=O)Nc1ccccc1Br. The van der Waals surface area contributed by atoms with Crippen molar-refractivity contribution < 1.29 is 14.5 Å². The number of carbonyl (C=O) groups excluding carboxylic acids is 2. The average molecular weight is 383 g/mol. The molecule has 2 amide bonds. The summed E-state index contributed by atoms with van der Waals surface area (Å²) in [6, 6.07) is 7.55. The molecule has 2 atom stereocenters. The van der Waals surface area contributed by atoms with E-state index in [0.717, 1.165) is 27.9 Å². The second kappa shape index (κ2) is 8.45. The summed E-state index contributed by atoms with van der Waals surface area (Å²) >= 11 is 3.41. The highest BCUT2D eigenvalue weighted by Gasteiger charge is 2.27. The van der Waals surface area contributed by atoms with Crippen LogP contribution < -0.4 is 15.5 Å². The van der Waals surface area contributed by atoms with E-state index in [4.69, 9.17) is 0 Å². The van der Waals surface area contributed by atoms with Gasteiger partial charge in [-0.25, -0.2) is 0 Å². The third-order valence-electron chi connectivity index (χ3n) is 4.42. The van der Waals surface area contributed by atoms with Crippen LogP contribution in [0.3, 0.4) is 0 Å². The van der Waals surface area contributed by atoms with Gasteiger partial charge >= 0.3 is 0 Å². The summed E-state index contributed by atoms with van der Waals surface area (Å²) in [7, 11) is 1.87. The predicted molar refractivity (Wildman–Crippen MR) is 94.4 cm³/mol. The van der Waals surface area contributed by atoms with Crippen molar-refractivity contribution in [3.8, 4) is 0 Å². The molecule has 0 aromatic heterocycles. The fourth-order valence-corrected chi connectivity index (χ4v) is 3.17. The van der Waals surface area contributed by atoms with E-state index in [1.807, 2.05) is 38.2 Å². The van der Waals surface area contributed by atoms with Crippen LogP contribution in [-0.4, -0.2) is 37.5 Å². The monoisotopic (exact) mass is 382 g/mol. The third-order valence-corrected chi connectivity index (χ3v) is 5.11. The van der Waals surface area contributed by atoms with Crippen LogP contribution in [0, 0.1) is 0 Å². The van der Waals surface area contributed by atoms with E-state index < -0.39 is 0 Å². The molecule has 1 aliphatic rings. The number of hydrogen-bond donors (Lipinski definition) is 3. The van der Waals surface area contributed by atoms with Crippen LogP contribution in [0.5, 0.6) is 0 Å². The van der Waals surface area contributed by atoms with Crippen LogP contribution in [0.25, 0.3) is 0 Å². The zero-order valence-corrected chi connectivity index (χ0v) is 15.3. The Morgan fingerprint density at radius 1 is 1.30 bits per heavy atom. The smallest absolute Gasteiger partial charge is 0.279 e. The first-order chi connectivity index (χ1) is 11.0. The maximum atomic E-state index is 12.3. The fourth-order valence-electron chi connectivity index (χ4n) is 2.78. The lowest BCUT2D eigenvalue weighted by atomic mass is 10.2. The highest BCUT2D eigenvalue weighted by Crippen LogP contribution is 2.20. The van der Waals surface area contributed by atoms with Gasteiger partial charge in [0.1, 0.15) is 0 Å². The van der Waals surface area contributed by atoms with E-state index in [1.165, 1.54) is 12.8 Å². The number of rotatable bonds is 6. The second-order valence-electron chi connectivity index (χ2n) is 6.26. The molecule has 0 radical (unpaired) electrons. The molecule has 0 heterocycles. The Morgan fingerprint density at radius 2 is 1.96 bits per heavy atom. The van der Waals surface area contributed by atoms with E-state index in [1.54, 1.807) is 0 Å². The first-order valence-electron chi connectivity index (χ1n) is 8.14. The number of para-hydroxylation sites is 1. The van der Waals surface area contributed by atoms with Crippen molar-refractivity contribution in [3.05, 3.63) is 28.7 Å². The molecule has 0 spiro atoms. The van der Waals surface area contributed by atoms with Gasteiger partial charge in [0.25, 0.3) is 11.8 Å². The van der Waals surface area contributed by atoms with Gasteiger partial charge in [0, 0.05) is 10.5 Å². The molecule has 3 N–H and O–H groups in total. The van der Waals surface area contributed by atoms with Gasteiger partial charge in [-0.1, -0.05) is 25.0 Å². The lowest BCUT2D eigenvalue weighted by molar-refractivity contribution is -0.885. The molecule has 0 saturated heterocycles. The lowest BCUT2D eigenvalue weighted by Gasteiger charge is -2.22. The molecule has 1 aromatic rings. The molecule has 126 valence electrons. The number of amides is 2. The number of carbonyl (C=O) groups is 2. The summed E-state index contributed by atoms with van der Waals surface area (Å²) in [6.45, 7) is 2.12. The average Bonchev–Trinajstić information content (AvgIpc) is 3.01. The molecular weight excluding hydrogens is 358 g/mol. The van der Waals surface area contributed by atoms with Gasteiger partial charge in [0.2, 0.25) is 0 Å². The summed E-state index contributed by atoms with van der Waals surface area (Å²) in [4.78, 5) is 25.3. The zero-order chi connectivity index (χ0) is 16.8.